The van der Waals surface area contributed by atoms with E-state index in [9.17, 15) is 4.79 Å². The Morgan fingerprint density at radius 1 is 1.10 bits per heavy atom. The smallest absolute Gasteiger partial charge is 0.414 e. The maximum atomic E-state index is 12.2. The lowest BCUT2D eigenvalue weighted by Crippen LogP contribution is -2.23. The number of rotatable bonds is 3. The van der Waals surface area contributed by atoms with E-state index in [2.05, 4.69) is 4.79 Å². The zero-order valence-electron chi connectivity index (χ0n) is 11.0. The molecule has 0 N–H and O–H groups in total. The lowest BCUT2D eigenvalue weighted by molar-refractivity contribution is -0.131. The minimum atomic E-state index is -0.846. The van der Waals surface area contributed by atoms with Gasteiger partial charge in [-0.3, -0.25) is 0 Å². The predicted octanol–water partition coefficient (Wildman–Crippen LogP) is 3.93. The van der Waals surface area contributed by atoms with Gasteiger partial charge in [-0.2, -0.15) is 4.79 Å². The van der Waals surface area contributed by atoms with E-state index in [0.29, 0.717) is 5.56 Å². The van der Waals surface area contributed by atoms with Gasteiger partial charge in [0.25, 0.3) is 0 Å². The van der Waals surface area contributed by atoms with E-state index >= 15 is 0 Å². The van der Waals surface area contributed by atoms with E-state index in [-0.39, 0.29) is 21.5 Å². The molecule has 0 heterocycles. The van der Waals surface area contributed by atoms with Gasteiger partial charge in [0.15, 0.2) is 5.75 Å². The van der Waals surface area contributed by atoms with E-state index in [4.69, 9.17) is 33.5 Å². The lowest BCUT2D eigenvalue weighted by Gasteiger charge is -2.06. The summed E-state index contributed by atoms with van der Waals surface area (Å²) in [5.74, 6) is -0.817. The summed E-state index contributed by atoms with van der Waals surface area (Å²) in [6, 6.07) is 11.7. The lowest BCUT2D eigenvalue weighted by atomic mass is 10.0. The summed E-state index contributed by atoms with van der Waals surface area (Å²) < 4.78 is 5.14. The van der Waals surface area contributed by atoms with Crippen LogP contribution in [-0.4, -0.2) is 16.5 Å². The molecule has 6 heteroatoms. The van der Waals surface area contributed by atoms with Gasteiger partial charge < -0.3 is 10.3 Å². The Balaban J connectivity index is 2.36. The summed E-state index contributed by atoms with van der Waals surface area (Å²) in [6.07, 6.45) is 0. The number of ether oxygens (including phenoxy) is 1. The minimum absolute atomic E-state index is 0.0283. The molecule has 0 radical (unpaired) electrons. The highest BCUT2D eigenvalue weighted by Crippen LogP contribution is 2.32. The van der Waals surface area contributed by atoms with Gasteiger partial charge in [-0.15, -0.1) is 0 Å². The van der Waals surface area contributed by atoms with E-state index in [1.54, 1.807) is 43.3 Å². The molecule has 0 fully saturated rings. The number of halogens is 2. The van der Waals surface area contributed by atoms with Gasteiger partial charge in [0.1, 0.15) is 0 Å². The molecule has 21 heavy (non-hydrogen) atoms. The zero-order chi connectivity index (χ0) is 15.4. The third kappa shape index (κ3) is 3.31. The molecule has 0 aromatic heterocycles. The van der Waals surface area contributed by atoms with Crippen LogP contribution in [0.15, 0.2) is 42.5 Å². The van der Waals surface area contributed by atoms with E-state index in [0.717, 1.165) is 5.56 Å². The number of esters is 1. The summed E-state index contributed by atoms with van der Waals surface area (Å²) in [6.45, 7) is 1.79. The number of carbonyl (C=O) groups is 1. The molecule has 2 aromatic carbocycles. The van der Waals surface area contributed by atoms with Crippen molar-refractivity contribution < 1.29 is 14.3 Å². The van der Waals surface area contributed by atoms with Gasteiger partial charge in [-0.05, 0) is 30.7 Å². The van der Waals surface area contributed by atoms with Crippen LogP contribution < -0.4 is 4.74 Å². The molecule has 0 aliphatic heterocycles. The molecule has 106 valence electrons. The summed E-state index contributed by atoms with van der Waals surface area (Å²) in [5, 5.41) is 0.385. The molecule has 0 amide bonds. The number of aryl methyl sites for hydroxylation is 1. The maximum Gasteiger partial charge on any atom is 0.427 e. The fourth-order valence-electron chi connectivity index (χ4n) is 1.76. The van der Waals surface area contributed by atoms with Gasteiger partial charge in [0.05, 0.1) is 15.6 Å². The molecule has 0 spiro atoms. The Bertz CT molecular complexity index is 733. The van der Waals surface area contributed by atoms with Crippen molar-refractivity contribution in [1.82, 2.24) is 0 Å². The number of carbonyl (C=O) groups excluding carboxylic acids is 1. The Morgan fingerprint density at radius 3 is 2.29 bits per heavy atom. The van der Waals surface area contributed by atoms with Crippen molar-refractivity contribution in [1.29, 1.82) is 0 Å². The fraction of sp³-hybridized carbons (Fsp3) is 0.0667. The van der Waals surface area contributed by atoms with Crippen molar-refractivity contribution in [2.75, 3.05) is 0 Å². The number of nitrogens with zero attached hydrogens (tertiary/aromatic N) is 2. The van der Waals surface area contributed by atoms with Gasteiger partial charge in [0, 0.05) is 0 Å². The standard InChI is InChI=1S/C15H10Cl2N2O2/c1-9-5-2-3-6-10(9)13(19-18)15(20)21-14-11(16)7-4-8-12(14)17/h2-8H,1H3. The Kier molecular flexibility index (Phi) is 4.76. The summed E-state index contributed by atoms with van der Waals surface area (Å²) in [4.78, 5) is 15.2. The SMILES string of the molecule is Cc1ccccc1C(=[N+]=[N-])C(=O)Oc1c(Cl)cccc1Cl. The normalized spacial score (nSPS) is 9.86. The monoisotopic (exact) mass is 320 g/mol. The first-order valence-electron chi connectivity index (χ1n) is 5.99. The van der Waals surface area contributed by atoms with Gasteiger partial charge in [-0.25, -0.2) is 4.79 Å². The Morgan fingerprint density at radius 2 is 1.71 bits per heavy atom. The molecule has 0 atom stereocenters. The first-order valence-corrected chi connectivity index (χ1v) is 6.74. The van der Waals surface area contributed by atoms with Crippen molar-refractivity contribution in [3.8, 4) is 5.75 Å². The molecule has 2 rings (SSSR count). The molecule has 0 unspecified atom stereocenters. The largest absolute Gasteiger partial charge is 0.427 e. The number of benzene rings is 2. The second-order valence-electron chi connectivity index (χ2n) is 4.20. The van der Waals surface area contributed by atoms with Crippen LogP contribution in [0.4, 0.5) is 0 Å². The fourth-order valence-corrected chi connectivity index (χ4v) is 2.24. The highest BCUT2D eigenvalue weighted by Gasteiger charge is 2.28. The predicted molar refractivity (Wildman–Crippen MR) is 81.0 cm³/mol. The van der Waals surface area contributed by atoms with Crippen LogP contribution in [0.3, 0.4) is 0 Å². The quantitative estimate of drug-likeness (QED) is 0.283. The van der Waals surface area contributed by atoms with Gasteiger partial charge in [0.2, 0.25) is 0 Å². The summed E-state index contributed by atoms with van der Waals surface area (Å²) in [7, 11) is 0. The van der Waals surface area contributed by atoms with Crippen LogP contribution in [0.5, 0.6) is 5.75 Å². The first kappa shape index (κ1) is 15.3. The van der Waals surface area contributed by atoms with Crippen molar-refractivity contribution in [2.45, 2.75) is 6.92 Å². The number of hydrogen-bond donors (Lipinski definition) is 0. The van der Waals surface area contributed by atoms with Crippen molar-refractivity contribution in [3.63, 3.8) is 0 Å². The maximum absolute atomic E-state index is 12.2. The zero-order valence-corrected chi connectivity index (χ0v) is 12.5. The third-order valence-corrected chi connectivity index (χ3v) is 3.40. The average molecular weight is 321 g/mol. The van der Waals surface area contributed by atoms with Crippen molar-refractivity contribution in [2.24, 2.45) is 0 Å². The molecule has 2 aromatic rings. The molecule has 4 nitrogen and oxygen atoms in total. The van der Waals surface area contributed by atoms with Crippen LogP contribution in [0.1, 0.15) is 11.1 Å². The molecule has 0 saturated carbocycles. The van der Waals surface area contributed by atoms with Crippen LogP contribution in [0.2, 0.25) is 10.0 Å². The van der Waals surface area contributed by atoms with Crippen molar-refractivity contribution >= 4 is 34.9 Å². The summed E-state index contributed by atoms with van der Waals surface area (Å²) in [5.41, 5.74) is 10.1. The highest BCUT2D eigenvalue weighted by atomic mass is 35.5. The van der Waals surface area contributed by atoms with Crippen molar-refractivity contribution in [3.05, 3.63) is 69.2 Å². The van der Waals surface area contributed by atoms with E-state index < -0.39 is 5.97 Å². The Hall–Kier alpha value is -2.13. The number of para-hydroxylation sites is 1. The Labute approximate surface area is 131 Å². The minimum Gasteiger partial charge on any atom is -0.414 e. The number of hydrogen-bond acceptors (Lipinski definition) is 2. The third-order valence-electron chi connectivity index (χ3n) is 2.81. The molecule has 0 bridgehead atoms. The van der Waals surface area contributed by atoms with Crippen LogP contribution in [0.25, 0.3) is 5.53 Å². The average Bonchev–Trinajstić information content (AvgIpc) is 2.46. The molecular formula is C15H10Cl2N2O2. The second kappa shape index (κ2) is 6.55. The molecular weight excluding hydrogens is 311 g/mol. The molecule has 0 aliphatic rings. The van der Waals surface area contributed by atoms with Crippen LogP contribution >= 0.6 is 23.2 Å². The molecule has 0 aliphatic carbocycles. The van der Waals surface area contributed by atoms with Crippen LogP contribution in [-0.2, 0) is 4.79 Å². The molecule has 0 saturated heterocycles. The van der Waals surface area contributed by atoms with Crippen LogP contribution in [0, 0.1) is 6.92 Å². The van der Waals surface area contributed by atoms with Gasteiger partial charge >= 0.3 is 11.7 Å². The highest BCUT2D eigenvalue weighted by molar-refractivity contribution is 6.43. The van der Waals surface area contributed by atoms with E-state index in [1.807, 2.05) is 6.07 Å². The summed E-state index contributed by atoms with van der Waals surface area (Å²) >= 11 is 11.9. The first-order chi connectivity index (χ1) is 10.0. The second-order valence-corrected chi connectivity index (χ2v) is 5.02. The van der Waals surface area contributed by atoms with Gasteiger partial charge in [-0.1, -0.05) is 47.5 Å². The van der Waals surface area contributed by atoms with E-state index in [1.165, 1.54) is 0 Å². The topological polar surface area (TPSA) is 62.7 Å².